The molecule has 0 saturated heterocycles. The second kappa shape index (κ2) is 11.7. The summed E-state index contributed by atoms with van der Waals surface area (Å²) in [6.07, 6.45) is 1.03. The van der Waals surface area contributed by atoms with E-state index in [0.29, 0.717) is 48.0 Å². The average molecular weight is 494 g/mol. The Labute approximate surface area is 199 Å². The fraction of sp³-hybridized carbons (Fsp3) is 0.348. The Morgan fingerprint density at radius 2 is 1.97 bits per heavy atom. The number of fused-ring (bicyclic) bond motifs is 1. The van der Waals surface area contributed by atoms with E-state index in [2.05, 4.69) is 15.0 Å². The molecular weight excluding hydrogens is 468 g/mol. The molecule has 1 aromatic heterocycles. The highest BCUT2D eigenvalue weighted by Gasteiger charge is 2.13. The zero-order valence-electron chi connectivity index (χ0n) is 18.7. The standard InChI is InChI=1S/C23H25F2N3O5S/c1-31-11-3-10-28-21(30)16-6-5-15(13-17(16)27-23(28)34)20(29)26-9-8-14-4-7-18(32-2)19(12-14)33-22(24)25/h4-7,12-13,22H,3,8-11H2,1-2H3,(H,26,29)(H,27,34). The number of carbonyl (C=O) groups excluding carboxylic acids is 1. The van der Waals surface area contributed by atoms with E-state index in [4.69, 9.17) is 21.7 Å². The molecule has 0 unspecified atom stereocenters. The lowest BCUT2D eigenvalue weighted by Gasteiger charge is -2.12. The summed E-state index contributed by atoms with van der Waals surface area (Å²) in [6.45, 7) is -1.78. The van der Waals surface area contributed by atoms with Crippen molar-refractivity contribution in [3.63, 3.8) is 0 Å². The fourth-order valence-electron chi connectivity index (χ4n) is 3.45. The first kappa shape index (κ1) is 25.3. The summed E-state index contributed by atoms with van der Waals surface area (Å²) in [6, 6.07) is 9.41. The molecule has 0 atom stereocenters. The lowest BCUT2D eigenvalue weighted by atomic mass is 10.1. The maximum Gasteiger partial charge on any atom is 0.387 e. The topological polar surface area (TPSA) is 94.6 Å². The molecule has 0 spiro atoms. The van der Waals surface area contributed by atoms with Crippen molar-refractivity contribution in [3.05, 3.63) is 62.6 Å². The van der Waals surface area contributed by atoms with E-state index in [0.717, 1.165) is 0 Å². The molecule has 3 rings (SSSR count). The number of ether oxygens (including phenoxy) is 3. The van der Waals surface area contributed by atoms with Crippen LogP contribution in [-0.4, -0.2) is 49.4 Å². The number of carbonyl (C=O) groups is 1. The number of amides is 1. The number of H-pyrrole nitrogens is 1. The fourth-order valence-corrected chi connectivity index (χ4v) is 3.74. The maximum absolute atomic E-state index is 12.8. The predicted molar refractivity (Wildman–Crippen MR) is 126 cm³/mol. The van der Waals surface area contributed by atoms with Crippen LogP contribution in [0.5, 0.6) is 11.5 Å². The zero-order chi connectivity index (χ0) is 24.7. The average Bonchev–Trinajstić information content (AvgIpc) is 2.80. The number of rotatable bonds is 11. The predicted octanol–water partition coefficient (Wildman–Crippen LogP) is 3.68. The minimum Gasteiger partial charge on any atom is -0.493 e. The van der Waals surface area contributed by atoms with Gasteiger partial charge in [0.05, 0.1) is 18.0 Å². The molecule has 0 aliphatic rings. The summed E-state index contributed by atoms with van der Waals surface area (Å²) in [4.78, 5) is 28.4. The number of hydrogen-bond donors (Lipinski definition) is 2. The largest absolute Gasteiger partial charge is 0.493 e. The van der Waals surface area contributed by atoms with Crippen molar-refractivity contribution in [2.45, 2.75) is 26.0 Å². The molecule has 34 heavy (non-hydrogen) atoms. The Bertz CT molecular complexity index is 1280. The Hall–Kier alpha value is -3.31. The van der Waals surface area contributed by atoms with Crippen molar-refractivity contribution < 1.29 is 27.8 Å². The van der Waals surface area contributed by atoms with Crippen molar-refractivity contribution in [1.29, 1.82) is 0 Å². The monoisotopic (exact) mass is 493 g/mol. The quantitative estimate of drug-likeness (QED) is 0.313. The molecule has 8 nitrogen and oxygen atoms in total. The van der Waals surface area contributed by atoms with Crippen LogP contribution < -0.4 is 20.3 Å². The van der Waals surface area contributed by atoms with Crippen LogP contribution in [0.15, 0.2) is 41.2 Å². The lowest BCUT2D eigenvalue weighted by molar-refractivity contribution is -0.0512. The molecule has 1 amide bonds. The third-order valence-corrected chi connectivity index (χ3v) is 5.44. The van der Waals surface area contributed by atoms with Crippen molar-refractivity contribution in [2.24, 2.45) is 0 Å². The van der Waals surface area contributed by atoms with Crippen molar-refractivity contribution in [3.8, 4) is 11.5 Å². The van der Waals surface area contributed by atoms with Gasteiger partial charge in [-0.1, -0.05) is 6.07 Å². The van der Waals surface area contributed by atoms with E-state index in [9.17, 15) is 18.4 Å². The van der Waals surface area contributed by atoms with Gasteiger partial charge in [0.1, 0.15) is 0 Å². The number of alkyl halides is 2. The second-order valence-electron chi connectivity index (χ2n) is 7.36. The molecule has 0 radical (unpaired) electrons. The van der Waals surface area contributed by atoms with E-state index < -0.39 is 6.61 Å². The van der Waals surface area contributed by atoms with Crippen molar-refractivity contribution in [2.75, 3.05) is 27.4 Å². The number of aromatic nitrogens is 2. The highest BCUT2D eigenvalue weighted by molar-refractivity contribution is 7.71. The Morgan fingerprint density at radius 3 is 2.68 bits per heavy atom. The van der Waals surface area contributed by atoms with Gasteiger partial charge in [0.15, 0.2) is 16.3 Å². The Balaban J connectivity index is 1.69. The number of methoxy groups -OCH3 is 2. The van der Waals surface area contributed by atoms with Gasteiger partial charge in [-0.15, -0.1) is 0 Å². The number of halogens is 2. The van der Waals surface area contributed by atoms with Crippen LogP contribution in [0.3, 0.4) is 0 Å². The summed E-state index contributed by atoms with van der Waals surface area (Å²) in [5.41, 5.74) is 1.28. The SMILES string of the molecule is COCCCn1c(=S)[nH]c2cc(C(=O)NCCc3ccc(OC)c(OC(F)F)c3)ccc2c1=O. The summed E-state index contributed by atoms with van der Waals surface area (Å²) < 4.78 is 41.4. The molecule has 0 bridgehead atoms. The van der Waals surface area contributed by atoms with Crippen molar-refractivity contribution >= 4 is 29.0 Å². The number of hydrogen-bond acceptors (Lipinski definition) is 6. The number of nitrogens with one attached hydrogen (secondary N) is 2. The summed E-state index contributed by atoms with van der Waals surface area (Å²) >= 11 is 5.30. The highest BCUT2D eigenvalue weighted by Crippen LogP contribution is 2.29. The second-order valence-corrected chi connectivity index (χ2v) is 7.75. The molecule has 0 saturated carbocycles. The number of benzene rings is 2. The van der Waals surface area contributed by atoms with Gasteiger partial charge >= 0.3 is 6.61 Å². The smallest absolute Gasteiger partial charge is 0.387 e. The van der Waals surface area contributed by atoms with E-state index in [-0.39, 0.29) is 34.3 Å². The van der Waals surface area contributed by atoms with Crippen LogP contribution in [0.1, 0.15) is 22.3 Å². The normalized spacial score (nSPS) is 11.1. The number of nitrogens with zero attached hydrogens (tertiary/aromatic N) is 1. The van der Waals surface area contributed by atoms with Gasteiger partial charge < -0.3 is 24.5 Å². The van der Waals surface area contributed by atoms with Gasteiger partial charge in [-0.3, -0.25) is 14.2 Å². The van der Waals surface area contributed by atoms with Crippen LogP contribution in [0, 0.1) is 4.77 Å². The molecular formula is C23H25F2N3O5S. The molecule has 2 N–H and O–H groups in total. The third-order valence-electron chi connectivity index (χ3n) is 5.12. The first-order valence-corrected chi connectivity index (χ1v) is 10.9. The van der Waals surface area contributed by atoms with Crippen LogP contribution in [0.2, 0.25) is 0 Å². The summed E-state index contributed by atoms with van der Waals surface area (Å²) in [7, 11) is 2.95. The van der Waals surface area contributed by atoms with E-state index in [1.807, 2.05) is 0 Å². The minimum absolute atomic E-state index is 0.0704. The van der Waals surface area contributed by atoms with E-state index in [1.54, 1.807) is 31.4 Å². The van der Waals surface area contributed by atoms with Gasteiger partial charge in [-0.25, -0.2) is 0 Å². The Kier molecular flexibility index (Phi) is 8.72. The zero-order valence-corrected chi connectivity index (χ0v) is 19.5. The molecule has 3 aromatic rings. The summed E-state index contributed by atoms with van der Waals surface area (Å²) in [5, 5.41) is 3.20. The third kappa shape index (κ3) is 6.17. The molecule has 0 fully saturated rings. The van der Waals surface area contributed by atoms with Crippen LogP contribution in [0.4, 0.5) is 8.78 Å². The maximum atomic E-state index is 12.8. The van der Waals surface area contributed by atoms with Gasteiger partial charge in [-0.2, -0.15) is 8.78 Å². The van der Waals surface area contributed by atoms with E-state index >= 15 is 0 Å². The van der Waals surface area contributed by atoms with Gasteiger partial charge in [0, 0.05) is 32.4 Å². The molecule has 0 aliphatic heterocycles. The van der Waals surface area contributed by atoms with E-state index in [1.165, 1.54) is 23.8 Å². The van der Waals surface area contributed by atoms with Gasteiger partial charge in [-0.05, 0) is 61.0 Å². The highest BCUT2D eigenvalue weighted by atomic mass is 32.1. The molecule has 182 valence electrons. The minimum atomic E-state index is -2.97. The van der Waals surface area contributed by atoms with Crippen molar-refractivity contribution in [1.82, 2.24) is 14.9 Å². The molecule has 2 aromatic carbocycles. The summed E-state index contributed by atoms with van der Waals surface area (Å²) in [5.74, 6) is -0.221. The number of aromatic amines is 1. The molecule has 1 heterocycles. The van der Waals surface area contributed by atoms with Gasteiger partial charge in [0.25, 0.3) is 11.5 Å². The molecule has 11 heteroatoms. The van der Waals surface area contributed by atoms with Gasteiger partial charge in [0.2, 0.25) is 0 Å². The van der Waals surface area contributed by atoms with Crippen LogP contribution in [0.25, 0.3) is 10.9 Å². The first-order chi connectivity index (χ1) is 16.3. The molecule has 0 aliphatic carbocycles. The first-order valence-electron chi connectivity index (χ1n) is 10.5. The Morgan fingerprint density at radius 1 is 1.18 bits per heavy atom. The lowest BCUT2D eigenvalue weighted by Crippen LogP contribution is -2.26. The van der Waals surface area contributed by atoms with Crippen LogP contribution >= 0.6 is 12.2 Å². The van der Waals surface area contributed by atoms with Crippen LogP contribution in [-0.2, 0) is 17.7 Å².